The maximum absolute atomic E-state index is 13.6. The number of fused-ring (bicyclic) bond motifs is 1. The largest absolute Gasteiger partial charge is 0.494 e. The number of ether oxygens (including phenoxy) is 2. The number of esters is 1. The van der Waals surface area contributed by atoms with E-state index in [-0.39, 0.29) is 17.4 Å². The van der Waals surface area contributed by atoms with Crippen LogP contribution in [-0.2, 0) is 33.8 Å². The number of benzene rings is 4. The Hall–Kier alpha value is -5.69. The molecule has 54 heavy (non-hydrogen) atoms. The number of rotatable bonds is 14. The molecule has 0 fully saturated rings. The van der Waals surface area contributed by atoms with E-state index in [2.05, 4.69) is 33.0 Å². The molecule has 0 aliphatic carbocycles. The molecule has 1 aromatic heterocycles. The Balaban J connectivity index is 1.11. The van der Waals surface area contributed by atoms with Crippen LogP contribution in [0.1, 0.15) is 49.2 Å². The fourth-order valence-electron chi connectivity index (χ4n) is 5.95. The summed E-state index contributed by atoms with van der Waals surface area (Å²) < 4.78 is 10.6. The van der Waals surface area contributed by atoms with Crippen molar-refractivity contribution in [1.82, 2.24) is 10.2 Å². The molecule has 0 atom stereocenters. The average molecular weight is 761 g/mol. The number of carbonyl (C=O) groups is 4. The lowest BCUT2D eigenvalue weighted by Crippen LogP contribution is -2.30. The van der Waals surface area contributed by atoms with Gasteiger partial charge in [-0.3, -0.25) is 19.3 Å². The first-order valence-electron chi connectivity index (χ1n) is 17.4. The standard InChI is InChI=1S/C42H40N4O6S2/c1-3-52-32-19-17-28(18-20-32)23-35(44-39(48)30-13-8-5-9-14-30)40(49)43-31-15-10-16-33(24-31)53-27-37(47)45-41-38(42(50)51-2)34-21-22-46(26-36(34)54-41)25-29-11-6-4-7-12-29/h4-20,23-24H,3,21-22,25-27H2,1-2H3,(H,43,49)(H,44,48)(H,45,47)/b35-23+. The Morgan fingerprint density at radius 2 is 1.63 bits per heavy atom. The fourth-order valence-corrected chi connectivity index (χ4v) is 8.00. The predicted octanol–water partition coefficient (Wildman–Crippen LogP) is 7.63. The number of thioether (sulfide) groups is 1. The maximum Gasteiger partial charge on any atom is 0.341 e. The van der Waals surface area contributed by atoms with Crippen LogP contribution >= 0.6 is 23.1 Å². The third-order valence-corrected chi connectivity index (χ3v) is 10.6. The number of amides is 3. The molecule has 3 N–H and O–H groups in total. The minimum absolute atomic E-state index is 0.0497. The molecular formula is C42H40N4O6S2. The molecule has 276 valence electrons. The normalized spacial score (nSPS) is 12.7. The monoisotopic (exact) mass is 760 g/mol. The van der Waals surface area contributed by atoms with Gasteiger partial charge in [0, 0.05) is 40.7 Å². The topological polar surface area (TPSA) is 126 Å². The van der Waals surface area contributed by atoms with Crippen LogP contribution in [0.15, 0.2) is 120 Å². The molecule has 5 aromatic rings. The highest BCUT2D eigenvalue weighted by Gasteiger charge is 2.29. The summed E-state index contributed by atoms with van der Waals surface area (Å²) in [6.07, 6.45) is 2.28. The minimum Gasteiger partial charge on any atom is -0.494 e. The smallest absolute Gasteiger partial charge is 0.341 e. The van der Waals surface area contributed by atoms with Crippen molar-refractivity contribution in [3.8, 4) is 5.75 Å². The second-order valence-corrected chi connectivity index (χ2v) is 14.5. The van der Waals surface area contributed by atoms with E-state index in [9.17, 15) is 19.2 Å². The molecule has 3 amide bonds. The van der Waals surface area contributed by atoms with E-state index >= 15 is 0 Å². The number of methoxy groups -OCH3 is 1. The van der Waals surface area contributed by atoms with Gasteiger partial charge >= 0.3 is 5.97 Å². The Bertz CT molecular complexity index is 2140. The Morgan fingerprint density at radius 1 is 0.889 bits per heavy atom. The van der Waals surface area contributed by atoms with E-state index in [0.29, 0.717) is 52.7 Å². The molecule has 12 heteroatoms. The summed E-state index contributed by atoms with van der Waals surface area (Å²) in [7, 11) is 1.35. The molecule has 0 spiro atoms. The number of thiophene rings is 1. The van der Waals surface area contributed by atoms with Crippen molar-refractivity contribution in [1.29, 1.82) is 0 Å². The molecule has 1 aliphatic rings. The lowest BCUT2D eigenvalue weighted by Gasteiger charge is -2.27. The van der Waals surface area contributed by atoms with Crippen LogP contribution in [-0.4, -0.2) is 54.6 Å². The summed E-state index contributed by atoms with van der Waals surface area (Å²) in [5.41, 5.74) is 4.21. The average Bonchev–Trinajstić information content (AvgIpc) is 3.55. The third kappa shape index (κ3) is 10.0. The van der Waals surface area contributed by atoms with Crippen molar-refractivity contribution in [2.45, 2.75) is 31.3 Å². The molecule has 6 rings (SSSR count). The zero-order chi connectivity index (χ0) is 37.9. The molecular weight excluding hydrogens is 721 g/mol. The minimum atomic E-state index is -0.521. The Labute approximate surface area is 322 Å². The van der Waals surface area contributed by atoms with Crippen molar-refractivity contribution < 1.29 is 28.7 Å². The van der Waals surface area contributed by atoms with E-state index in [4.69, 9.17) is 9.47 Å². The van der Waals surface area contributed by atoms with Gasteiger partial charge in [-0.2, -0.15) is 0 Å². The van der Waals surface area contributed by atoms with Gasteiger partial charge in [-0.15, -0.1) is 23.1 Å². The molecule has 2 heterocycles. The highest BCUT2D eigenvalue weighted by molar-refractivity contribution is 8.00. The van der Waals surface area contributed by atoms with Crippen LogP contribution in [0.5, 0.6) is 5.75 Å². The van der Waals surface area contributed by atoms with Crippen LogP contribution < -0.4 is 20.7 Å². The maximum atomic E-state index is 13.6. The van der Waals surface area contributed by atoms with Gasteiger partial charge in [-0.1, -0.05) is 66.7 Å². The molecule has 4 aromatic carbocycles. The summed E-state index contributed by atoms with van der Waals surface area (Å²) in [5.74, 6) is -0.926. The summed E-state index contributed by atoms with van der Waals surface area (Å²) in [4.78, 5) is 56.9. The van der Waals surface area contributed by atoms with E-state index in [0.717, 1.165) is 28.4 Å². The van der Waals surface area contributed by atoms with E-state index in [1.807, 2.05) is 37.3 Å². The number of hydrogen-bond donors (Lipinski definition) is 3. The lowest BCUT2D eigenvalue weighted by molar-refractivity contribution is -0.114. The van der Waals surface area contributed by atoms with Gasteiger partial charge in [0.25, 0.3) is 11.8 Å². The first kappa shape index (κ1) is 38.0. The lowest BCUT2D eigenvalue weighted by atomic mass is 10.0. The second-order valence-electron chi connectivity index (χ2n) is 12.3. The Kier molecular flexibility index (Phi) is 12.9. The van der Waals surface area contributed by atoms with Crippen LogP contribution in [0.4, 0.5) is 10.7 Å². The number of hydrogen-bond acceptors (Lipinski definition) is 9. The first-order chi connectivity index (χ1) is 26.3. The van der Waals surface area contributed by atoms with Gasteiger partial charge < -0.3 is 25.4 Å². The summed E-state index contributed by atoms with van der Waals surface area (Å²) in [6.45, 7) is 4.69. The number of nitrogens with zero attached hydrogens (tertiary/aromatic N) is 1. The van der Waals surface area contributed by atoms with Gasteiger partial charge in [-0.05, 0) is 78.6 Å². The zero-order valence-electron chi connectivity index (χ0n) is 29.9. The number of nitrogens with one attached hydrogen (secondary N) is 3. The van der Waals surface area contributed by atoms with Crippen LogP contribution in [0, 0.1) is 0 Å². The number of anilines is 2. The highest BCUT2D eigenvalue weighted by atomic mass is 32.2. The van der Waals surface area contributed by atoms with E-state index in [1.165, 1.54) is 35.8 Å². The van der Waals surface area contributed by atoms with Crippen molar-refractivity contribution in [3.05, 3.63) is 148 Å². The van der Waals surface area contributed by atoms with Gasteiger partial charge in [-0.25, -0.2) is 4.79 Å². The molecule has 0 saturated carbocycles. The summed E-state index contributed by atoms with van der Waals surface area (Å²) in [5, 5.41) is 9.08. The van der Waals surface area contributed by atoms with Crippen LogP contribution in [0.25, 0.3) is 6.08 Å². The Morgan fingerprint density at radius 3 is 2.35 bits per heavy atom. The molecule has 0 bridgehead atoms. The molecule has 0 saturated heterocycles. The second kappa shape index (κ2) is 18.4. The van der Waals surface area contributed by atoms with Crippen molar-refractivity contribution >= 4 is 63.6 Å². The van der Waals surface area contributed by atoms with E-state index in [1.54, 1.807) is 72.8 Å². The predicted molar refractivity (Wildman–Crippen MR) is 214 cm³/mol. The SMILES string of the molecule is CCOc1ccc(/C=C(/NC(=O)c2ccccc2)C(=O)Nc2cccc(SCC(=O)Nc3sc4c(c3C(=O)OC)CCN(Cc3ccccc3)C4)c2)cc1. The van der Waals surface area contributed by atoms with Gasteiger partial charge in [0.1, 0.15) is 16.4 Å². The molecule has 1 aliphatic heterocycles. The van der Waals surface area contributed by atoms with Crippen molar-refractivity contribution in [2.75, 3.05) is 36.6 Å². The molecule has 0 radical (unpaired) electrons. The summed E-state index contributed by atoms with van der Waals surface area (Å²) >= 11 is 2.71. The first-order valence-corrected chi connectivity index (χ1v) is 19.2. The van der Waals surface area contributed by atoms with Crippen LogP contribution in [0.3, 0.4) is 0 Å². The quantitative estimate of drug-likeness (QED) is 0.0600. The fraction of sp³-hybridized carbons (Fsp3) is 0.190. The third-order valence-electron chi connectivity index (χ3n) is 8.52. The summed E-state index contributed by atoms with van der Waals surface area (Å²) in [6, 6.07) is 33.2. The van der Waals surface area contributed by atoms with E-state index < -0.39 is 17.8 Å². The molecule has 0 unspecified atom stereocenters. The van der Waals surface area contributed by atoms with Gasteiger partial charge in [0.05, 0.1) is 25.0 Å². The number of carbonyl (C=O) groups excluding carboxylic acids is 4. The van der Waals surface area contributed by atoms with Crippen molar-refractivity contribution in [3.63, 3.8) is 0 Å². The highest BCUT2D eigenvalue weighted by Crippen LogP contribution is 2.38. The van der Waals surface area contributed by atoms with Crippen LogP contribution in [0.2, 0.25) is 0 Å². The van der Waals surface area contributed by atoms with Gasteiger partial charge in [0.2, 0.25) is 5.91 Å². The van der Waals surface area contributed by atoms with Crippen molar-refractivity contribution in [2.24, 2.45) is 0 Å². The van der Waals surface area contributed by atoms with Gasteiger partial charge in [0.15, 0.2) is 0 Å². The zero-order valence-corrected chi connectivity index (χ0v) is 31.6. The molecule has 10 nitrogen and oxygen atoms in total.